The van der Waals surface area contributed by atoms with Crippen molar-refractivity contribution in [2.75, 3.05) is 5.33 Å². The number of halogens is 1. The Morgan fingerprint density at radius 1 is 1.31 bits per heavy atom. The smallest absolute Gasteiger partial charge is 0.00314 e. The third kappa shape index (κ3) is 8.55. The Kier molecular flexibility index (Phi) is 8.95. The summed E-state index contributed by atoms with van der Waals surface area (Å²) >= 11 is 3.47. The molecule has 1 heteroatoms. The Hall–Kier alpha value is 0.220. The molecule has 0 saturated heterocycles. The molecule has 0 aliphatic carbocycles. The van der Waals surface area contributed by atoms with Gasteiger partial charge in [0.15, 0.2) is 0 Å². The lowest BCUT2D eigenvalue weighted by Gasteiger charge is -2.09. The summed E-state index contributed by atoms with van der Waals surface area (Å²) in [4.78, 5) is 0. The van der Waals surface area contributed by atoms with Gasteiger partial charge in [-0.15, -0.1) is 0 Å². The Morgan fingerprint density at radius 2 is 1.92 bits per heavy atom. The summed E-state index contributed by atoms with van der Waals surface area (Å²) < 4.78 is 0. The Bertz CT molecular complexity index is 138. The second-order valence-corrected chi connectivity index (χ2v) is 4.76. The highest BCUT2D eigenvalue weighted by atomic mass is 79.9. The van der Waals surface area contributed by atoms with Crippen LogP contribution >= 0.6 is 15.9 Å². The third-order valence-corrected chi connectivity index (χ3v) is 3.15. The van der Waals surface area contributed by atoms with Gasteiger partial charge in [-0.2, -0.15) is 0 Å². The molecule has 0 aromatic carbocycles. The van der Waals surface area contributed by atoms with Gasteiger partial charge in [-0.05, 0) is 45.4 Å². The second kappa shape index (κ2) is 8.80. The van der Waals surface area contributed by atoms with E-state index < -0.39 is 0 Å². The normalized spacial score (nSPS) is 14.6. The van der Waals surface area contributed by atoms with E-state index >= 15 is 0 Å². The van der Waals surface area contributed by atoms with E-state index in [0.717, 1.165) is 11.2 Å². The van der Waals surface area contributed by atoms with Gasteiger partial charge in [-0.25, -0.2) is 0 Å². The van der Waals surface area contributed by atoms with Crippen molar-refractivity contribution in [1.29, 1.82) is 0 Å². The molecular weight excluding hydrogens is 224 g/mol. The van der Waals surface area contributed by atoms with Gasteiger partial charge in [-0.3, -0.25) is 0 Å². The Balaban J connectivity index is 3.31. The van der Waals surface area contributed by atoms with Gasteiger partial charge in [-0.1, -0.05) is 40.9 Å². The van der Waals surface area contributed by atoms with E-state index in [9.17, 15) is 0 Å². The maximum atomic E-state index is 3.47. The molecule has 0 aliphatic heterocycles. The molecule has 78 valence electrons. The lowest BCUT2D eigenvalue weighted by Crippen LogP contribution is -1.95. The lowest BCUT2D eigenvalue weighted by molar-refractivity contribution is 0.471. The van der Waals surface area contributed by atoms with Crippen LogP contribution in [0.2, 0.25) is 0 Å². The van der Waals surface area contributed by atoms with Crippen LogP contribution in [0, 0.1) is 5.92 Å². The van der Waals surface area contributed by atoms with Crippen LogP contribution in [-0.4, -0.2) is 5.33 Å². The summed E-state index contributed by atoms with van der Waals surface area (Å²) in [6, 6.07) is 0. The van der Waals surface area contributed by atoms with E-state index in [-0.39, 0.29) is 0 Å². The van der Waals surface area contributed by atoms with Crippen LogP contribution in [0.5, 0.6) is 0 Å². The fourth-order valence-corrected chi connectivity index (χ4v) is 1.77. The van der Waals surface area contributed by atoms with Gasteiger partial charge in [0.2, 0.25) is 0 Å². The quantitative estimate of drug-likeness (QED) is 0.442. The van der Waals surface area contributed by atoms with Crippen LogP contribution in [0.1, 0.15) is 52.9 Å². The largest absolute Gasteiger partial charge is 0.0928 e. The van der Waals surface area contributed by atoms with Crippen molar-refractivity contribution in [3.8, 4) is 0 Å². The van der Waals surface area contributed by atoms with Crippen molar-refractivity contribution in [2.24, 2.45) is 5.92 Å². The van der Waals surface area contributed by atoms with Gasteiger partial charge in [0.25, 0.3) is 0 Å². The fourth-order valence-electron chi connectivity index (χ4n) is 1.44. The third-order valence-electron chi connectivity index (χ3n) is 2.59. The summed E-state index contributed by atoms with van der Waals surface area (Å²) in [5, 5.41) is 1.16. The van der Waals surface area contributed by atoms with E-state index in [2.05, 4.69) is 42.8 Å². The van der Waals surface area contributed by atoms with E-state index in [0.29, 0.717) is 0 Å². The van der Waals surface area contributed by atoms with Crippen LogP contribution in [0.15, 0.2) is 11.6 Å². The monoisotopic (exact) mass is 246 g/mol. The zero-order valence-corrected chi connectivity index (χ0v) is 10.9. The molecule has 0 fully saturated rings. The van der Waals surface area contributed by atoms with E-state index in [1.807, 2.05) is 0 Å². The van der Waals surface area contributed by atoms with Crippen LogP contribution < -0.4 is 0 Å². The molecule has 0 bridgehead atoms. The molecule has 0 aliphatic rings. The molecule has 0 spiro atoms. The summed E-state index contributed by atoms with van der Waals surface area (Å²) in [7, 11) is 0. The summed E-state index contributed by atoms with van der Waals surface area (Å²) in [5.74, 6) is 0.905. The maximum Gasteiger partial charge on any atom is 0.00314 e. The lowest BCUT2D eigenvalue weighted by atomic mass is 9.98. The first-order chi connectivity index (χ1) is 6.20. The minimum Gasteiger partial charge on any atom is -0.0928 e. The molecule has 0 amide bonds. The van der Waals surface area contributed by atoms with Gasteiger partial charge >= 0.3 is 0 Å². The van der Waals surface area contributed by atoms with Gasteiger partial charge in [0.05, 0.1) is 0 Å². The zero-order valence-electron chi connectivity index (χ0n) is 9.28. The molecule has 0 aromatic heterocycles. The molecule has 0 rings (SSSR count). The number of hydrogen-bond acceptors (Lipinski definition) is 0. The number of allylic oxidation sites excluding steroid dienone is 2. The predicted molar refractivity (Wildman–Crippen MR) is 65.5 cm³/mol. The molecule has 13 heavy (non-hydrogen) atoms. The molecule has 0 aromatic rings. The number of rotatable bonds is 7. The highest BCUT2D eigenvalue weighted by molar-refractivity contribution is 9.09. The predicted octanol–water partition coefficient (Wildman–Crippen LogP) is 4.93. The Labute approximate surface area is 91.9 Å². The highest BCUT2D eigenvalue weighted by Gasteiger charge is 2.01. The standard InChI is InChI=1S/C12H23Br/c1-4-11(2)7-5-8-12(3)9-6-10-13/h4,12H,5-10H2,1-3H3. The van der Waals surface area contributed by atoms with E-state index in [1.54, 1.807) is 0 Å². The molecule has 0 saturated carbocycles. The van der Waals surface area contributed by atoms with Crippen LogP contribution in [0.4, 0.5) is 0 Å². The fraction of sp³-hybridized carbons (Fsp3) is 0.833. The van der Waals surface area contributed by atoms with E-state index in [4.69, 9.17) is 0 Å². The van der Waals surface area contributed by atoms with Crippen molar-refractivity contribution < 1.29 is 0 Å². The first-order valence-corrected chi connectivity index (χ1v) is 6.50. The minimum absolute atomic E-state index is 0.905. The molecule has 0 radical (unpaired) electrons. The molecule has 0 nitrogen and oxygen atoms in total. The maximum absolute atomic E-state index is 3.47. The first kappa shape index (κ1) is 13.2. The van der Waals surface area contributed by atoms with Crippen molar-refractivity contribution in [1.82, 2.24) is 0 Å². The molecule has 0 N–H and O–H groups in total. The topological polar surface area (TPSA) is 0 Å². The van der Waals surface area contributed by atoms with Gasteiger partial charge in [0.1, 0.15) is 0 Å². The van der Waals surface area contributed by atoms with Crippen molar-refractivity contribution in [2.45, 2.75) is 52.9 Å². The van der Waals surface area contributed by atoms with Crippen molar-refractivity contribution >= 4 is 15.9 Å². The molecule has 1 atom stereocenters. The van der Waals surface area contributed by atoms with Crippen LogP contribution in [0.25, 0.3) is 0 Å². The molecule has 1 unspecified atom stereocenters. The van der Waals surface area contributed by atoms with Gasteiger partial charge in [0, 0.05) is 5.33 Å². The van der Waals surface area contributed by atoms with Crippen molar-refractivity contribution in [3.63, 3.8) is 0 Å². The van der Waals surface area contributed by atoms with Crippen LogP contribution in [-0.2, 0) is 0 Å². The highest BCUT2D eigenvalue weighted by Crippen LogP contribution is 2.16. The van der Waals surface area contributed by atoms with Crippen molar-refractivity contribution in [3.05, 3.63) is 11.6 Å². The summed E-state index contributed by atoms with van der Waals surface area (Å²) in [6.07, 6.45) is 8.96. The average Bonchev–Trinajstić information content (AvgIpc) is 2.14. The molecular formula is C12H23Br. The average molecular weight is 247 g/mol. The van der Waals surface area contributed by atoms with E-state index in [1.165, 1.54) is 37.7 Å². The molecule has 0 heterocycles. The van der Waals surface area contributed by atoms with Gasteiger partial charge < -0.3 is 0 Å². The Morgan fingerprint density at radius 3 is 2.46 bits per heavy atom. The van der Waals surface area contributed by atoms with Crippen LogP contribution in [0.3, 0.4) is 0 Å². The zero-order chi connectivity index (χ0) is 10.1. The number of hydrogen-bond donors (Lipinski definition) is 0. The SMILES string of the molecule is CC=C(C)CCCC(C)CCCBr. The summed E-state index contributed by atoms with van der Waals surface area (Å²) in [5.41, 5.74) is 1.53. The number of alkyl halides is 1. The summed E-state index contributed by atoms with van der Waals surface area (Å²) in [6.45, 7) is 6.72. The minimum atomic E-state index is 0.905. The first-order valence-electron chi connectivity index (χ1n) is 5.38. The second-order valence-electron chi connectivity index (χ2n) is 3.96.